The molecule has 0 aliphatic carbocycles. The number of hydrogen-bond acceptors (Lipinski definition) is 4. The van der Waals surface area contributed by atoms with Crippen LogP contribution in [0.4, 0.5) is 0 Å². The van der Waals surface area contributed by atoms with Gasteiger partial charge in [-0.05, 0) is 23.3 Å². The number of methoxy groups -OCH3 is 1. The Balaban J connectivity index is 1.40. The second-order valence-electron chi connectivity index (χ2n) is 6.45. The van der Waals surface area contributed by atoms with Crippen molar-refractivity contribution in [3.05, 3.63) is 65.7 Å². The van der Waals surface area contributed by atoms with Gasteiger partial charge >= 0.3 is 0 Å². The van der Waals surface area contributed by atoms with Crippen LogP contribution in [0.3, 0.4) is 0 Å². The molecule has 0 spiro atoms. The van der Waals surface area contributed by atoms with E-state index in [4.69, 9.17) is 9.47 Å². The molecular weight excluding hydrogens is 328 g/mol. The van der Waals surface area contributed by atoms with Gasteiger partial charge in [0.1, 0.15) is 5.75 Å². The summed E-state index contributed by atoms with van der Waals surface area (Å²) in [6.07, 6.45) is 0.500. The molecule has 1 aliphatic heterocycles. The summed E-state index contributed by atoms with van der Waals surface area (Å²) in [5.41, 5.74) is 2.19. The largest absolute Gasteiger partial charge is 0.497 e. The molecule has 1 fully saturated rings. The number of rotatable bonds is 7. The van der Waals surface area contributed by atoms with Crippen LogP contribution in [0.2, 0.25) is 0 Å². The predicted octanol–water partition coefficient (Wildman–Crippen LogP) is 2.43. The molecule has 1 aliphatic rings. The predicted molar refractivity (Wildman–Crippen MR) is 101 cm³/mol. The Labute approximate surface area is 154 Å². The number of carbonyl (C=O) groups is 1. The van der Waals surface area contributed by atoms with E-state index in [9.17, 15) is 4.79 Å². The zero-order valence-electron chi connectivity index (χ0n) is 15.2. The first-order valence-electron chi connectivity index (χ1n) is 9.03. The SMILES string of the molecule is COc1ccc(CC(=O)NCCN2CCOC(c3ccccc3)C2)cc1. The van der Waals surface area contributed by atoms with Crippen LogP contribution in [0, 0.1) is 0 Å². The molecule has 0 saturated carbocycles. The Morgan fingerprint density at radius 2 is 1.96 bits per heavy atom. The molecule has 1 saturated heterocycles. The molecule has 1 heterocycles. The standard InChI is InChI=1S/C21H26N2O3/c1-25-19-9-7-17(8-10-19)15-21(24)22-11-12-23-13-14-26-20(16-23)18-5-3-2-4-6-18/h2-10,20H,11-16H2,1H3,(H,22,24). The average Bonchev–Trinajstić information content (AvgIpc) is 2.69. The first kappa shape index (κ1) is 18.4. The Kier molecular flexibility index (Phi) is 6.63. The maximum Gasteiger partial charge on any atom is 0.224 e. The van der Waals surface area contributed by atoms with Gasteiger partial charge in [-0.15, -0.1) is 0 Å². The monoisotopic (exact) mass is 354 g/mol. The average molecular weight is 354 g/mol. The van der Waals surface area contributed by atoms with Gasteiger partial charge in [0.2, 0.25) is 5.91 Å². The molecule has 1 unspecified atom stereocenters. The van der Waals surface area contributed by atoms with Crippen LogP contribution in [0.1, 0.15) is 17.2 Å². The summed E-state index contributed by atoms with van der Waals surface area (Å²) in [6.45, 7) is 3.97. The number of benzene rings is 2. The molecule has 1 atom stereocenters. The van der Waals surface area contributed by atoms with E-state index in [1.807, 2.05) is 42.5 Å². The second kappa shape index (κ2) is 9.36. The lowest BCUT2D eigenvalue weighted by atomic mass is 10.1. The summed E-state index contributed by atoms with van der Waals surface area (Å²) in [5, 5.41) is 3.01. The Hall–Kier alpha value is -2.37. The Morgan fingerprint density at radius 1 is 1.19 bits per heavy atom. The van der Waals surface area contributed by atoms with Crippen molar-refractivity contribution in [2.45, 2.75) is 12.5 Å². The van der Waals surface area contributed by atoms with Crippen LogP contribution in [0.15, 0.2) is 54.6 Å². The van der Waals surface area contributed by atoms with E-state index in [2.05, 4.69) is 22.3 Å². The highest BCUT2D eigenvalue weighted by molar-refractivity contribution is 5.78. The van der Waals surface area contributed by atoms with E-state index in [0.29, 0.717) is 13.0 Å². The number of morpholine rings is 1. The van der Waals surface area contributed by atoms with Crippen molar-refractivity contribution in [2.24, 2.45) is 0 Å². The van der Waals surface area contributed by atoms with Crippen LogP contribution in [-0.2, 0) is 16.0 Å². The molecule has 1 N–H and O–H groups in total. The highest BCUT2D eigenvalue weighted by Gasteiger charge is 2.21. The quantitative estimate of drug-likeness (QED) is 0.830. The van der Waals surface area contributed by atoms with Crippen molar-refractivity contribution in [1.29, 1.82) is 0 Å². The van der Waals surface area contributed by atoms with E-state index in [-0.39, 0.29) is 12.0 Å². The van der Waals surface area contributed by atoms with Crippen LogP contribution in [-0.4, -0.2) is 50.7 Å². The smallest absolute Gasteiger partial charge is 0.224 e. The molecule has 2 aromatic carbocycles. The van der Waals surface area contributed by atoms with Gasteiger partial charge < -0.3 is 14.8 Å². The minimum atomic E-state index is 0.0445. The molecule has 0 bridgehead atoms. The number of hydrogen-bond donors (Lipinski definition) is 1. The maximum absolute atomic E-state index is 12.1. The summed E-state index contributed by atoms with van der Waals surface area (Å²) in [6, 6.07) is 17.9. The zero-order chi connectivity index (χ0) is 18.2. The lowest BCUT2D eigenvalue weighted by molar-refractivity contribution is -0.120. The molecule has 0 radical (unpaired) electrons. The molecular formula is C21H26N2O3. The Bertz CT molecular complexity index is 688. The van der Waals surface area contributed by atoms with Crippen LogP contribution in [0.25, 0.3) is 0 Å². The minimum absolute atomic E-state index is 0.0445. The maximum atomic E-state index is 12.1. The number of carbonyl (C=O) groups excluding carboxylic acids is 1. The van der Waals surface area contributed by atoms with Crippen molar-refractivity contribution in [2.75, 3.05) is 39.9 Å². The third kappa shape index (κ3) is 5.31. The van der Waals surface area contributed by atoms with Gasteiger partial charge in [0, 0.05) is 26.2 Å². The van der Waals surface area contributed by atoms with Gasteiger partial charge in [0.05, 0.1) is 26.2 Å². The topological polar surface area (TPSA) is 50.8 Å². The fourth-order valence-corrected chi connectivity index (χ4v) is 3.12. The van der Waals surface area contributed by atoms with E-state index in [1.54, 1.807) is 7.11 Å². The fraction of sp³-hybridized carbons (Fsp3) is 0.381. The lowest BCUT2D eigenvalue weighted by Crippen LogP contribution is -2.42. The van der Waals surface area contributed by atoms with Gasteiger partial charge in [-0.1, -0.05) is 42.5 Å². The summed E-state index contributed by atoms with van der Waals surface area (Å²) >= 11 is 0. The molecule has 2 aromatic rings. The Morgan fingerprint density at radius 3 is 2.69 bits per heavy atom. The number of nitrogens with zero attached hydrogens (tertiary/aromatic N) is 1. The van der Waals surface area contributed by atoms with Gasteiger partial charge in [-0.25, -0.2) is 0 Å². The van der Waals surface area contributed by atoms with Gasteiger partial charge in [0.15, 0.2) is 0 Å². The zero-order valence-corrected chi connectivity index (χ0v) is 15.2. The van der Waals surface area contributed by atoms with Crippen LogP contribution < -0.4 is 10.1 Å². The first-order chi connectivity index (χ1) is 12.7. The second-order valence-corrected chi connectivity index (χ2v) is 6.45. The molecule has 1 amide bonds. The molecule has 5 nitrogen and oxygen atoms in total. The van der Waals surface area contributed by atoms with Gasteiger partial charge in [-0.3, -0.25) is 9.69 Å². The summed E-state index contributed by atoms with van der Waals surface area (Å²) < 4.78 is 11.0. The van der Waals surface area contributed by atoms with E-state index < -0.39 is 0 Å². The van der Waals surface area contributed by atoms with Crippen molar-refractivity contribution >= 4 is 5.91 Å². The van der Waals surface area contributed by atoms with Crippen LogP contribution >= 0.6 is 0 Å². The number of amides is 1. The number of nitrogens with one attached hydrogen (secondary N) is 1. The van der Waals surface area contributed by atoms with E-state index in [0.717, 1.165) is 37.6 Å². The molecule has 3 rings (SSSR count). The third-order valence-corrected chi connectivity index (χ3v) is 4.60. The van der Waals surface area contributed by atoms with Crippen molar-refractivity contribution in [1.82, 2.24) is 10.2 Å². The summed E-state index contributed by atoms with van der Waals surface area (Å²) in [5.74, 6) is 0.845. The third-order valence-electron chi connectivity index (χ3n) is 4.60. The highest BCUT2D eigenvalue weighted by Crippen LogP contribution is 2.21. The molecule has 138 valence electrons. The highest BCUT2D eigenvalue weighted by atomic mass is 16.5. The molecule has 26 heavy (non-hydrogen) atoms. The van der Waals surface area contributed by atoms with E-state index in [1.165, 1.54) is 5.56 Å². The van der Waals surface area contributed by atoms with Gasteiger partial charge in [-0.2, -0.15) is 0 Å². The lowest BCUT2D eigenvalue weighted by Gasteiger charge is -2.33. The van der Waals surface area contributed by atoms with Gasteiger partial charge in [0.25, 0.3) is 0 Å². The minimum Gasteiger partial charge on any atom is -0.497 e. The number of ether oxygens (including phenoxy) is 2. The summed E-state index contributed by atoms with van der Waals surface area (Å²) in [4.78, 5) is 14.5. The fourth-order valence-electron chi connectivity index (χ4n) is 3.12. The summed E-state index contributed by atoms with van der Waals surface area (Å²) in [7, 11) is 1.63. The van der Waals surface area contributed by atoms with Crippen LogP contribution in [0.5, 0.6) is 5.75 Å². The molecule has 5 heteroatoms. The van der Waals surface area contributed by atoms with E-state index >= 15 is 0 Å². The normalized spacial score (nSPS) is 17.7. The van der Waals surface area contributed by atoms with Crippen molar-refractivity contribution in [3.8, 4) is 5.75 Å². The van der Waals surface area contributed by atoms with Crippen molar-refractivity contribution < 1.29 is 14.3 Å². The molecule has 0 aromatic heterocycles. The van der Waals surface area contributed by atoms with Crippen molar-refractivity contribution in [3.63, 3.8) is 0 Å². The first-order valence-corrected chi connectivity index (χ1v) is 9.03.